The van der Waals surface area contributed by atoms with Crippen LogP contribution in [0.4, 0.5) is 17.3 Å². The van der Waals surface area contributed by atoms with Crippen molar-refractivity contribution in [2.75, 3.05) is 75.6 Å². The van der Waals surface area contributed by atoms with Crippen LogP contribution in [0.1, 0.15) is 5.82 Å². The molecule has 1 aromatic carbocycles. The molecule has 27 heavy (non-hydrogen) atoms. The summed E-state index contributed by atoms with van der Waals surface area (Å²) in [6.07, 6.45) is 0. The van der Waals surface area contributed by atoms with Gasteiger partial charge in [0.1, 0.15) is 23.2 Å². The molecule has 0 unspecified atom stereocenters. The van der Waals surface area contributed by atoms with Gasteiger partial charge in [-0.1, -0.05) is 0 Å². The molecule has 146 valence electrons. The van der Waals surface area contributed by atoms with Crippen molar-refractivity contribution in [3.63, 3.8) is 0 Å². The van der Waals surface area contributed by atoms with Crippen LogP contribution in [0.3, 0.4) is 0 Å². The molecule has 0 aliphatic carbocycles. The first kappa shape index (κ1) is 19.2. The molecule has 1 saturated heterocycles. The van der Waals surface area contributed by atoms with Crippen LogP contribution in [0.15, 0.2) is 30.3 Å². The Morgan fingerprint density at radius 3 is 2.33 bits per heavy atom. The molecule has 1 aliphatic heterocycles. The lowest BCUT2D eigenvalue weighted by atomic mass is 10.2. The van der Waals surface area contributed by atoms with Crippen molar-refractivity contribution in [2.45, 2.75) is 6.92 Å². The number of piperazine rings is 1. The third-order valence-electron chi connectivity index (χ3n) is 4.73. The van der Waals surface area contributed by atoms with E-state index in [0.717, 1.165) is 62.5 Å². The molecule has 1 aliphatic rings. The van der Waals surface area contributed by atoms with E-state index in [4.69, 9.17) is 4.74 Å². The van der Waals surface area contributed by atoms with Crippen LogP contribution in [0.25, 0.3) is 0 Å². The van der Waals surface area contributed by atoms with Gasteiger partial charge in [-0.3, -0.25) is 0 Å². The molecule has 2 aromatic rings. The first-order valence-corrected chi connectivity index (χ1v) is 9.43. The maximum absolute atomic E-state index is 5.25. The number of nitrogens with zero attached hydrogens (tertiary/aromatic N) is 5. The SMILES string of the molecule is COc1ccc(N2CCN(c3cc(NCCN(C)C)nc(C)n3)CC2)cc1. The molecule has 7 nitrogen and oxygen atoms in total. The molecule has 0 radical (unpaired) electrons. The van der Waals surface area contributed by atoms with Gasteiger partial charge in [0.05, 0.1) is 7.11 Å². The van der Waals surface area contributed by atoms with Crippen LogP contribution >= 0.6 is 0 Å². The predicted molar refractivity (Wildman–Crippen MR) is 111 cm³/mol. The predicted octanol–water partition coefficient (Wildman–Crippen LogP) is 2.09. The summed E-state index contributed by atoms with van der Waals surface area (Å²) in [6.45, 7) is 7.62. The highest BCUT2D eigenvalue weighted by Crippen LogP contribution is 2.23. The Hall–Kier alpha value is -2.54. The second-order valence-corrected chi connectivity index (χ2v) is 7.06. The van der Waals surface area contributed by atoms with Gasteiger partial charge >= 0.3 is 0 Å². The van der Waals surface area contributed by atoms with E-state index in [9.17, 15) is 0 Å². The van der Waals surface area contributed by atoms with Gasteiger partial charge in [0.15, 0.2) is 0 Å². The van der Waals surface area contributed by atoms with Crippen molar-refractivity contribution in [1.82, 2.24) is 14.9 Å². The lowest BCUT2D eigenvalue weighted by molar-refractivity contribution is 0.415. The Morgan fingerprint density at radius 1 is 1.04 bits per heavy atom. The number of benzene rings is 1. The molecular weight excluding hydrogens is 340 g/mol. The van der Waals surface area contributed by atoms with Gasteiger partial charge < -0.3 is 24.8 Å². The molecular formula is C20H30N6O. The van der Waals surface area contributed by atoms with Crippen LogP contribution in [-0.4, -0.2) is 75.3 Å². The van der Waals surface area contributed by atoms with E-state index in [1.54, 1.807) is 7.11 Å². The maximum atomic E-state index is 5.25. The van der Waals surface area contributed by atoms with E-state index in [2.05, 4.69) is 62.3 Å². The second-order valence-electron chi connectivity index (χ2n) is 7.06. The fourth-order valence-electron chi connectivity index (χ4n) is 3.20. The average Bonchev–Trinajstić information content (AvgIpc) is 2.67. The monoisotopic (exact) mass is 370 g/mol. The Morgan fingerprint density at radius 2 is 1.70 bits per heavy atom. The van der Waals surface area contributed by atoms with Crippen LogP contribution in [-0.2, 0) is 0 Å². The smallest absolute Gasteiger partial charge is 0.134 e. The first-order chi connectivity index (χ1) is 13.0. The lowest BCUT2D eigenvalue weighted by Gasteiger charge is -2.37. The Kier molecular flexibility index (Phi) is 6.34. The number of aromatic nitrogens is 2. The van der Waals surface area contributed by atoms with Gasteiger partial charge in [0, 0.05) is 51.0 Å². The largest absolute Gasteiger partial charge is 0.497 e. The van der Waals surface area contributed by atoms with Crippen LogP contribution in [0.2, 0.25) is 0 Å². The quantitative estimate of drug-likeness (QED) is 0.801. The van der Waals surface area contributed by atoms with Gasteiger partial charge in [-0.2, -0.15) is 0 Å². The van der Waals surface area contributed by atoms with Crippen LogP contribution in [0, 0.1) is 6.92 Å². The standard InChI is InChI=1S/C20H30N6O/c1-16-22-19(21-9-10-24(2)3)15-20(23-16)26-13-11-25(12-14-26)17-5-7-18(27-4)8-6-17/h5-8,15H,9-14H2,1-4H3,(H,21,22,23). The molecule has 0 atom stereocenters. The zero-order valence-corrected chi connectivity index (χ0v) is 16.8. The van der Waals surface area contributed by atoms with E-state index in [1.165, 1.54) is 5.69 Å². The summed E-state index contributed by atoms with van der Waals surface area (Å²) in [5.74, 6) is 3.60. The maximum Gasteiger partial charge on any atom is 0.134 e. The van der Waals surface area contributed by atoms with Crippen molar-refractivity contribution < 1.29 is 4.74 Å². The number of hydrogen-bond donors (Lipinski definition) is 1. The molecule has 0 spiro atoms. The van der Waals surface area contributed by atoms with Crippen molar-refractivity contribution in [3.8, 4) is 5.75 Å². The minimum atomic E-state index is 0.803. The third kappa shape index (κ3) is 5.23. The normalized spacial score (nSPS) is 14.6. The zero-order valence-electron chi connectivity index (χ0n) is 16.8. The third-order valence-corrected chi connectivity index (χ3v) is 4.73. The number of methoxy groups -OCH3 is 1. The van der Waals surface area contributed by atoms with E-state index in [1.807, 2.05) is 19.1 Å². The zero-order chi connectivity index (χ0) is 19.2. The topological polar surface area (TPSA) is 56.8 Å². The van der Waals surface area contributed by atoms with E-state index >= 15 is 0 Å². The van der Waals surface area contributed by atoms with E-state index in [0.29, 0.717) is 0 Å². The number of rotatable bonds is 7. The number of aryl methyl sites for hydroxylation is 1. The lowest BCUT2D eigenvalue weighted by Crippen LogP contribution is -2.46. The van der Waals surface area contributed by atoms with E-state index in [-0.39, 0.29) is 0 Å². The molecule has 1 aromatic heterocycles. The van der Waals surface area contributed by atoms with Gasteiger partial charge in [-0.25, -0.2) is 9.97 Å². The molecule has 1 N–H and O–H groups in total. The highest BCUT2D eigenvalue weighted by atomic mass is 16.5. The van der Waals surface area contributed by atoms with Crippen molar-refractivity contribution in [1.29, 1.82) is 0 Å². The molecule has 2 heterocycles. The highest BCUT2D eigenvalue weighted by molar-refractivity contribution is 5.53. The summed E-state index contributed by atoms with van der Waals surface area (Å²) < 4.78 is 5.25. The number of likely N-dealkylation sites (N-methyl/N-ethyl adjacent to an activating group) is 1. The Balaban J connectivity index is 1.60. The molecule has 0 bridgehead atoms. The summed E-state index contributed by atoms with van der Waals surface area (Å²) >= 11 is 0. The molecule has 0 amide bonds. The first-order valence-electron chi connectivity index (χ1n) is 9.43. The van der Waals surface area contributed by atoms with Gasteiger partial charge in [0.25, 0.3) is 0 Å². The number of anilines is 3. The molecule has 7 heteroatoms. The number of ether oxygens (including phenoxy) is 1. The van der Waals surface area contributed by atoms with Gasteiger partial charge in [0.2, 0.25) is 0 Å². The fourth-order valence-corrected chi connectivity index (χ4v) is 3.20. The molecule has 0 saturated carbocycles. The second kappa shape index (κ2) is 8.90. The van der Waals surface area contributed by atoms with Crippen molar-refractivity contribution in [2.24, 2.45) is 0 Å². The van der Waals surface area contributed by atoms with Crippen molar-refractivity contribution >= 4 is 17.3 Å². The van der Waals surface area contributed by atoms with Crippen molar-refractivity contribution in [3.05, 3.63) is 36.2 Å². The summed E-state index contributed by atoms with van der Waals surface area (Å²) in [6, 6.07) is 10.3. The minimum absolute atomic E-state index is 0.803. The molecule has 3 rings (SSSR count). The van der Waals surface area contributed by atoms with E-state index < -0.39 is 0 Å². The highest BCUT2D eigenvalue weighted by Gasteiger charge is 2.19. The average molecular weight is 371 g/mol. The van der Waals surface area contributed by atoms with Crippen LogP contribution < -0.4 is 19.9 Å². The van der Waals surface area contributed by atoms with Crippen LogP contribution in [0.5, 0.6) is 5.75 Å². The minimum Gasteiger partial charge on any atom is -0.497 e. The Labute approximate surface area is 162 Å². The fraction of sp³-hybridized carbons (Fsp3) is 0.500. The number of hydrogen-bond acceptors (Lipinski definition) is 7. The number of nitrogens with one attached hydrogen (secondary N) is 1. The van der Waals surface area contributed by atoms with Gasteiger partial charge in [-0.15, -0.1) is 0 Å². The van der Waals surface area contributed by atoms with Gasteiger partial charge in [-0.05, 0) is 45.3 Å². The summed E-state index contributed by atoms with van der Waals surface area (Å²) in [5, 5.41) is 3.40. The Bertz CT molecular complexity index is 726. The summed E-state index contributed by atoms with van der Waals surface area (Å²) in [5.41, 5.74) is 1.24. The summed E-state index contributed by atoms with van der Waals surface area (Å²) in [4.78, 5) is 16.1. The summed E-state index contributed by atoms with van der Waals surface area (Å²) in [7, 11) is 5.84. The molecule has 1 fully saturated rings.